The number of nitrogens with zero attached hydrogens (tertiary/aromatic N) is 1. The number of carbonyl (C=O) groups excluding carboxylic acids is 1. The Morgan fingerprint density at radius 1 is 1.33 bits per heavy atom. The van der Waals surface area contributed by atoms with Gasteiger partial charge in [-0.1, -0.05) is 0 Å². The lowest BCUT2D eigenvalue weighted by Gasteiger charge is -2.20. The van der Waals surface area contributed by atoms with Crippen LogP contribution in [0.2, 0.25) is 0 Å². The quantitative estimate of drug-likeness (QED) is 0.836. The molecule has 1 heterocycles. The van der Waals surface area contributed by atoms with Gasteiger partial charge in [-0.3, -0.25) is 4.79 Å². The Labute approximate surface area is 133 Å². The van der Waals surface area contributed by atoms with Crippen molar-refractivity contribution in [1.29, 1.82) is 0 Å². The van der Waals surface area contributed by atoms with E-state index in [-0.39, 0.29) is 10.8 Å². The number of halogens is 1. The highest BCUT2D eigenvalue weighted by atomic mass is 79.9. The van der Waals surface area contributed by atoms with Gasteiger partial charge < -0.3 is 10.6 Å². The molecule has 0 unspecified atom stereocenters. The molecule has 0 bridgehead atoms. The van der Waals surface area contributed by atoms with Crippen LogP contribution in [0.4, 0.5) is 5.69 Å². The third kappa shape index (κ3) is 4.03. The lowest BCUT2D eigenvalue weighted by Crippen LogP contribution is -2.34. The summed E-state index contributed by atoms with van der Waals surface area (Å²) in [6.45, 7) is 3.87. The molecule has 1 fully saturated rings. The summed E-state index contributed by atoms with van der Waals surface area (Å²) >= 11 is 3.30. The number of benzene rings is 1. The molecule has 1 amide bonds. The third-order valence-corrected chi connectivity index (χ3v) is 5.74. The Morgan fingerprint density at radius 2 is 2.10 bits per heavy atom. The first-order chi connectivity index (χ1) is 9.91. The zero-order chi connectivity index (χ0) is 15.5. The monoisotopic (exact) mass is 375 g/mol. The fourth-order valence-electron chi connectivity index (χ4n) is 2.16. The minimum Gasteiger partial charge on any atom is -0.325 e. The van der Waals surface area contributed by atoms with E-state index in [0.717, 1.165) is 13.0 Å². The van der Waals surface area contributed by atoms with E-state index in [0.29, 0.717) is 29.8 Å². The second kappa shape index (κ2) is 6.87. The van der Waals surface area contributed by atoms with Gasteiger partial charge in [0.25, 0.3) is 0 Å². The number of anilines is 1. The molecule has 6 nitrogen and oxygen atoms in total. The predicted octanol–water partition coefficient (Wildman–Crippen LogP) is 1.39. The van der Waals surface area contributed by atoms with Crippen molar-refractivity contribution in [3.05, 3.63) is 22.7 Å². The molecule has 1 saturated heterocycles. The van der Waals surface area contributed by atoms with Crippen LogP contribution < -0.4 is 10.6 Å². The van der Waals surface area contributed by atoms with Gasteiger partial charge in [0.05, 0.1) is 10.6 Å². The fourth-order valence-corrected chi connectivity index (χ4v) is 4.29. The van der Waals surface area contributed by atoms with Gasteiger partial charge in [0.2, 0.25) is 15.9 Å². The molecule has 8 heteroatoms. The minimum absolute atomic E-state index is 0.204. The number of sulfonamides is 1. The molecule has 116 valence electrons. The lowest BCUT2D eigenvalue weighted by atomic mass is 10.3. The van der Waals surface area contributed by atoms with Crippen molar-refractivity contribution in [3.63, 3.8) is 0 Å². The van der Waals surface area contributed by atoms with E-state index in [4.69, 9.17) is 0 Å². The first-order valence-corrected chi connectivity index (χ1v) is 8.92. The molecule has 0 atom stereocenters. The van der Waals surface area contributed by atoms with Crippen LogP contribution in [-0.2, 0) is 14.8 Å². The average Bonchev–Trinajstić information content (AvgIpc) is 2.69. The van der Waals surface area contributed by atoms with Crippen LogP contribution in [0.25, 0.3) is 0 Å². The number of amides is 1. The molecule has 1 aliphatic heterocycles. The van der Waals surface area contributed by atoms with E-state index in [2.05, 4.69) is 26.6 Å². The largest absolute Gasteiger partial charge is 0.325 e. The fraction of sp³-hybridized carbons (Fsp3) is 0.462. The zero-order valence-corrected chi connectivity index (χ0v) is 14.1. The molecule has 0 radical (unpaired) electrons. The summed E-state index contributed by atoms with van der Waals surface area (Å²) in [7, 11) is -3.50. The molecule has 1 aromatic rings. The summed E-state index contributed by atoms with van der Waals surface area (Å²) in [4.78, 5) is 11.3. The standard InChI is InChI=1S/C13H18BrN3O3S/c1-10(18)16-13-4-3-11(9-12(13)14)21(19,20)17-7-2-5-15-6-8-17/h3-4,9,15H,2,5-8H2,1H3,(H,16,18). The van der Waals surface area contributed by atoms with Gasteiger partial charge in [-0.25, -0.2) is 8.42 Å². The van der Waals surface area contributed by atoms with Gasteiger partial charge in [0, 0.05) is 31.0 Å². The summed E-state index contributed by atoms with van der Waals surface area (Å²) < 4.78 is 27.3. The Bertz CT molecular complexity index is 626. The van der Waals surface area contributed by atoms with Gasteiger partial charge in [0.1, 0.15) is 0 Å². The van der Waals surface area contributed by atoms with Gasteiger partial charge in [-0.15, -0.1) is 0 Å². The number of nitrogens with one attached hydrogen (secondary N) is 2. The summed E-state index contributed by atoms with van der Waals surface area (Å²) in [5.41, 5.74) is 0.555. The molecule has 0 aromatic heterocycles. The van der Waals surface area contributed by atoms with E-state index in [9.17, 15) is 13.2 Å². The predicted molar refractivity (Wildman–Crippen MR) is 84.7 cm³/mol. The molecule has 0 aliphatic carbocycles. The molecular formula is C13H18BrN3O3S. The summed E-state index contributed by atoms with van der Waals surface area (Å²) in [5.74, 6) is -0.204. The maximum atomic E-state index is 12.6. The Balaban J connectivity index is 2.27. The van der Waals surface area contributed by atoms with Crippen molar-refractivity contribution in [3.8, 4) is 0 Å². The van der Waals surface area contributed by atoms with Gasteiger partial charge in [-0.2, -0.15) is 4.31 Å². The molecule has 2 rings (SSSR count). The molecule has 0 saturated carbocycles. The topological polar surface area (TPSA) is 78.5 Å². The van der Waals surface area contributed by atoms with Crippen molar-refractivity contribution < 1.29 is 13.2 Å². The molecule has 21 heavy (non-hydrogen) atoms. The third-order valence-electron chi connectivity index (χ3n) is 3.19. The van der Waals surface area contributed by atoms with Crippen molar-refractivity contribution in [1.82, 2.24) is 9.62 Å². The second-order valence-corrected chi connectivity index (χ2v) is 7.62. The number of hydrogen-bond donors (Lipinski definition) is 2. The highest BCUT2D eigenvalue weighted by Crippen LogP contribution is 2.27. The molecular weight excluding hydrogens is 358 g/mol. The van der Waals surface area contributed by atoms with Crippen molar-refractivity contribution in [2.24, 2.45) is 0 Å². The van der Waals surface area contributed by atoms with Crippen LogP contribution in [0.3, 0.4) is 0 Å². The number of rotatable bonds is 3. The van der Waals surface area contributed by atoms with Crippen molar-refractivity contribution in [2.75, 3.05) is 31.5 Å². The first-order valence-electron chi connectivity index (χ1n) is 6.69. The molecule has 0 spiro atoms. The van der Waals surface area contributed by atoms with Gasteiger partial charge in [-0.05, 0) is 47.1 Å². The highest BCUT2D eigenvalue weighted by Gasteiger charge is 2.25. The minimum atomic E-state index is -3.50. The Morgan fingerprint density at radius 3 is 2.76 bits per heavy atom. The highest BCUT2D eigenvalue weighted by molar-refractivity contribution is 9.10. The van der Waals surface area contributed by atoms with E-state index in [1.54, 1.807) is 6.07 Å². The van der Waals surface area contributed by atoms with E-state index in [1.807, 2.05) is 0 Å². The molecule has 1 aliphatic rings. The van der Waals surface area contributed by atoms with Gasteiger partial charge in [0.15, 0.2) is 0 Å². The van der Waals surface area contributed by atoms with Gasteiger partial charge >= 0.3 is 0 Å². The number of carbonyl (C=O) groups is 1. The van der Waals surface area contributed by atoms with Crippen LogP contribution in [0.1, 0.15) is 13.3 Å². The van der Waals surface area contributed by atoms with E-state index in [1.165, 1.54) is 23.4 Å². The zero-order valence-electron chi connectivity index (χ0n) is 11.7. The van der Waals surface area contributed by atoms with Crippen LogP contribution in [0.15, 0.2) is 27.6 Å². The van der Waals surface area contributed by atoms with Crippen LogP contribution >= 0.6 is 15.9 Å². The normalized spacial score (nSPS) is 17.2. The SMILES string of the molecule is CC(=O)Nc1ccc(S(=O)(=O)N2CCCNCC2)cc1Br. The van der Waals surface area contributed by atoms with Crippen LogP contribution in [0.5, 0.6) is 0 Å². The summed E-state index contributed by atoms with van der Waals surface area (Å²) in [5, 5.41) is 5.82. The lowest BCUT2D eigenvalue weighted by molar-refractivity contribution is -0.114. The van der Waals surface area contributed by atoms with Crippen LogP contribution in [0, 0.1) is 0 Å². The Kier molecular flexibility index (Phi) is 5.37. The Hall–Kier alpha value is -0.960. The first kappa shape index (κ1) is 16.4. The van der Waals surface area contributed by atoms with Crippen molar-refractivity contribution >= 4 is 37.5 Å². The van der Waals surface area contributed by atoms with Crippen molar-refractivity contribution in [2.45, 2.75) is 18.2 Å². The second-order valence-electron chi connectivity index (χ2n) is 4.83. The maximum absolute atomic E-state index is 12.6. The number of hydrogen-bond acceptors (Lipinski definition) is 4. The summed E-state index contributed by atoms with van der Waals surface area (Å²) in [6, 6.07) is 4.64. The molecule has 2 N–H and O–H groups in total. The maximum Gasteiger partial charge on any atom is 0.243 e. The molecule has 1 aromatic carbocycles. The summed E-state index contributed by atoms with van der Waals surface area (Å²) in [6.07, 6.45) is 0.796. The van der Waals surface area contributed by atoms with Crippen LogP contribution in [-0.4, -0.2) is 44.8 Å². The smallest absolute Gasteiger partial charge is 0.243 e. The van der Waals surface area contributed by atoms with E-state index >= 15 is 0 Å². The van der Waals surface area contributed by atoms with E-state index < -0.39 is 10.0 Å². The average molecular weight is 376 g/mol.